The molecular formula is C49H34O3. The highest BCUT2D eigenvalue weighted by Crippen LogP contribution is 2.42. The van der Waals surface area contributed by atoms with Gasteiger partial charge in [-0.15, -0.1) is 0 Å². The fourth-order valence-corrected chi connectivity index (χ4v) is 6.75. The third-order valence-corrected chi connectivity index (χ3v) is 9.16. The first-order valence-electron chi connectivity index (χ1n) is 17.3. The van der Waals surface area contributed by atoms with Gasteiger partial charge in [-0.2, -0.15) is 0 Å². The average Bonchev–Trinajstić information content (AvgIpc) is 3.22. The second-order valence-electron chi connectivity index (χ2n) is 12.4. The minimum Gasteiger partial charge on any atom is -0.395 e. The molecule has 0 aromatic heterocycles. The fraction of sp³-hybridized carbons (Fsp3) is 0. The lowest BCUT2D eigenvalue weighted by molar-refractivity contribution is 0.152. The zero-order valence-corrected chi connectivity index (χ0v) is 28.4. The Bertz CT molecular complexity index is 2130. The van der Waals surface area contributed by atoms with E-state index in [1.165, 1.54) is 0 Å². The van der Waals surface area contributed by atoms with Gasteiger partial charge >= 0.3 is 6.16 Å². The number of carbonyl (C=O) groups excluding carboxylic acids is 1. The molecule has 8 rings (SSSR count). The minimum atomic E-state index is -0.801. The standard InChI is InChI=1S/C49H34O3/c50-49(51-41-31-27-39(28-32-41)47-43(35-15-5-1-6-16-35)23-13-24-44(47)36-17-7-2-8-18-36)52-42-33-29-40(30-34-42)48-45(37-19-9-3-10-20-37)25-14-26-46(48)38-21-11-4-12-22-38/h1-34H. The van der Waals surface area contributed by atoms with Gasteiger partial charge in [-0.1, -0.05) is 182 Å². The van der Waals surface area contributed by atoms with Gasteiger partial charge in [0.15, 0.2) is 0 Å². The van der Waals surface area contributed by atoms with Crippen LogP contribution in [0.5, 0.6) is 11.5 Å². The summed E-state index contributed by atoms with van der Waals surface area (Å²) in [4.78, 5) is 13.0. The molecule has 0 amide bonds. The smallest absolute Gasteiger partial charge is 0.395 e. The molecule has 0 unspecified atom stereocenters. The molecule has 0 aliphatic rings. The Hall–Kier alpha value is -6.97. The molecule has 0 N–H and O–H groups in total. The van der Waals surface area contributed by atoms with Crippen molar-refractivity contribution in [3.63, 3.8) is 0 Å². The monoisotopic (exact) mass is 670 g/mol. The van der Waals surface area contributed by atoms with Crippen molar-refractivity contribution in [3.8, 4) is 78.3 Å². The first-order chi connectivity index (χ1) is 25.7. The van der Waals surface area contributed by atoms with Crippen molar-refractivity contribution in [2.75, 3.05) is 0 Å². The average molecular weight is 671 g/mol. The lowest BCUT2D eigenvalue weighted by atomic mass is 9.87. The first-order valence-corrected chi connectivity index (χ1v) is 17.3. The number of benzene rings is 8. The maximum atomic E-state index is 13.0. The van der Waals surface area contributed by atoms with Gasteiger partial charge in [-0.3, -0.25) is 0 Å². The molecule has 8 aromatic carbocycles. The Morgan fingerprint density at radius 3 is 0.808 bits per heavy atom. The quantitative estimate of drug-likeness (QED) is 0.119. The van der Waals surface area contributed by atoms with Crippen LogP contribution >= 0.6 is 0 Å². The third kappa shape index (κ3) is 6.89. The van der Waals surface area contributed by atoms with Crippen molar-refractivity contribution >= 4 is 6.16 Å². The van der Waals surface area contributed by atoms with Crippen LogP contribution in [0.3, 0.4) is 0 Å². The van der Waals surface area contributed by atoms with Crippen LogP contribution in [0.25, 0.3) is 66.8 Å². The Kier molecular flexibility index (Phi) is 9.22. The van der Waals surface area contributed by atoms with E-state index < -0.39 is 6.16 Å². The molecular weight excluding hydrogens is 637 g/mol. The molecule has 0 radical (unpaired) electrons. The van der Waals surface area contributed by atoms with Crippen LogP contribution in [0.15, 0.2) is 206 Å². The van der Waals surface area contributed by atoms with E-state index in [1.807, 2.05) is 72.8 Å². The summed E-state index contributed by atoms with van der Waals surface area (Å²) in [7, 11) is 0. The van der Waals surface area contributed by atoms with Gasteiger partial charge in [0, 0.05) is 0 Å². The maximum Gasteiger partial charge on any atom is 0.519 e. The maximum absolute atomic E-state index is 13.0. The van der Waals surface area contributed by atoms with E-state index in [9.17, 15) is 4.79 Å². The molecule has 0 aliphatic carbocycles. The van der Waals surface area contributed by atoms with Crippen molar-refractivity contribution in [1.82, 2.24) is 0 Å². The molecule has 0 saturated heterocycles. The van der Waals surface area contributed by atoms with Gasteiger partial charge in [-0.05, 0) is 91.0 Å². The fourth-order valence-electron chi connectivity index (χ4n) is 6.75. The van der Waals surface area contributed by atoms with E-state index in [2.05, 4.69) is 133 Å². The van der Waals surface area contributed by atoms with Crippen LogP contribution in [-0.4, -0.2) is 6.16 Å². The summed E-state index contributed by atoms with van der Waals surface area (Å²) >= 11 is 0. The second kappa shape index (κ2) is 14.9. The van der Waals surface area contributed by atoms with Crippen LogP contribution in [0.2, 0.25) is 0 Å². The van der Waals surface area contributed by atoms with Crippen LogP contribution in [-0.2, 0) is 0 Å². The molecule has 248 valence electrons. The third-order valence-electron chi connectivity index (χ3n) is 9.16. The molecule has 0 aliphatic heterocycles. The Balaban J connectivity index is 1.04. The van der Waals surface area contributed by atoms with Gasteiger partial charge in [0.1, 0.15) is 11.5 Å². The summed E-state index contributed by atoms with van der Waals surface area (Å²) in [5.41, 5.74) is 13.3. The molecule has 52 heavy (non-hydrogen) atoms. The molecule has 3 heteroatoms. The lowest BCUT2D eigenvalue weighted by Gasteiger charge is -2.17. The molecule has 3 nitrogen and oxygen atoms in total. The van der Waals surface area contributed by atoms with Gasteiger partial charge in [-0.25, -0.2) is 4.79 Å². The highest BCUT2D eigenvalue weighted by atomic mass is 16.7. The van der Waals surface area contributed by atoms with E-state index in [4.69, 9.17) is 9.47 Å². The topological polar surface area (TPSA) is 35.5 Å². The van der Waals surface area contributed by atoms with Crippen LogP contribution in [0.1, 0.15) is 0 Å². The molecule has 0 bridgehead atoms. The highest BCUT2D eigenvalue weighted by molar-refractivity contribution is 5.96. The molecule has 0 fully saturated rings. The summed E-state index contributed by atoms with van der Waals surface area (Å²) in [5, 5.41) is 0. The zero-order chi connectivity index (χ0) is 35.1. The number of rotatable bonds is 8. The zero-order valence-electron chi connectivity index (χ0n) is 28.4. The minimum absolute atomic E-state index is 0.396. The highest BCUT2D eigenvalue weighted by Gasteiger charge is 2.17. The lowest BCUT2D eigenvalue weighted by Crippen LogP contribution is -2.13. The number of hydrogen-bond acceptors (Lipinski definition) is 3. The van der Waals surface area contributed by atoms with Crippen molar-refractivity contribution in [1.29, 1.82) is 0 Å². The van der Waals surface area contributed by atoms with Gasteiger partial charge in [0.05, 0.1) is 0 Å². The van der Waals surface area contributed by atoms with Crippen molar-refractivity contribution in [2.24, 2.45) is 0 Å². The van der Waals surface area contributed by atoms with Gasteiger partial charge in [0.25, 0.3) is 0 Å². The molecule has 0 atom stereocenters. The van der Waals surface area contributed by atoms with Crippen LogP contribution in [0.4, 0.5) is 4.79 Å². The molecule has 0 spiro atoms. The van der Waals surface area contributed by atoms with Crippen molar-refractivity contribution in [2.45, 2.75) is 0 Å². The first kappa shape index (κ1) is 32.2. The Morgan fingerprint density at radius 1 is 0.269 bits per heavy atom. The Morgan fingerprint density at radius 2 is 0.538 bits per heavy atom. The predicted octanol–water partition coefficient (Wildman–Crippen LogP) is 13.3. The van der Waals surface area contributed by atoms with Gasteiger partial charge in [0.2, 0.25) is 0 Å². The normalized spacial score (nSPS) is 10.8. The summed E-state index contributed by atoms with van der Waals surface area (Å²) in [5.74, 6) is 0.793. The van der Waals surface area contributed by atoms with E-state index in [-0.39, 0.29) is 0 Å². The SMILES string of the molecule is O=C(Oc1ccc(-c2c(-c3ccccc3)cccc2-c2ccccc2)cc1)Oc1ccc(-c2c(-c3ccccc3)cccc2-c2ccccc2)cc1. The molecule has 8 aromatic rings. The van der Waals surface area contributed by atoms with E-state index in [0.717, 1.165) is 66.8 Å². The van der Waals surface area contributed by atoms with Crippen LogP contribution in [0, 0.1) is 0 Å². The summed E-state index contributed by atoms with van der Waals surface area (Å²) < 4.78 is 11.3. The van der Waals surface area contributed by atoms with E-state index >= 15 is 0 Å². The van der Waals surface area contributed by atoms with Crippen molar-refractivity contribution < 1.29 is 14.3 Å². The summed E-state index contributed by atoms with van der Waals surface area (Å²) in [6.45, 7) is 0. The van der Waals surface area contributed by atoms with Gasteiger partial charge < -0.3 is 9.47 Å². The second-order valence-corrected chi connectivity index (χ2v) is 12.4. The Labute approximate surface area is 304 Å². The number of carbonyl (C=O) groups is 1. The van der Waals surface area contributed by atoms with E-state index in [0.29, 0.717) is 11.5 Å². The summed E-state index contributed by atoms with van der Waals surface area (Å²) in [6, 6.07) is 69.4. The van der Waals surface area contributed by atoms with Crippen LogP contribution < -0.4 is 9.47 Å². The molecule has 0 saturated carbocycles. The number of hydrogen-bond donors (Lipinski definition) is 0. The number of ether oxygens (including phenoxy) is 2. The summed E-state index contributed by atoms with van der Waals surface area (Å²) in [6.07, 6.45) is -0.801. The van der Waals surface area contributed by atoms with Crippen molar-refractivity contribution in [3.05, 3.63) is 206 Å². The largest absolute Gasteiger partial charge is 0.519 e. The molecule has 0 heterocycles. The van der Waals surface area contributed by atoms with E-state index in [1.54, 1.807) is 0 Å². The predicted molar refractivity (Wildman–Crippen MR) is 212 cm³/mol.